The van der Waals surface area contributed by atoms with Crippen LogP contribution in [-0.2, 0) is 20.7 Å². The molecule has 1 amide bonds. The lowest BCUT2D eigenvalue weighted by Crippen LogP contribution is -2.22. The van der Waals surface area contributed by atoms with E-state index in [-0.39, 0.29) is 12.0 Å². The van der Waals surface area contributed by atoms with Crippen LogP contribution in [0, 0.1) is 11.6 Å². The van der Waals surface area contributed by atoms with Gasteiger partial charge in [-0.2, -0.15) is 0 Å². The van der Waals surface area contributed by atoms with Crippen molar-refractivity contribution in [3.8, 4) is 0 Å². The highest BCUT2D eigenvalue weighted by molar-refractivity contribution is 5.97. The Bertz CT molecular complexity index is 979. The van der Waals surface area contributed by atoms with E-state index >= 15 is 0 Å². The molecule has 0 unspecified atom stereocenters. The van der Waals surface area contributed by atoms with Crippen molar-refractivity contribution in [1.29, 1.82) is 0 Å². The summed E-state index contributed by atoms with van der Waals surface area (Å²) >= 11 is 0. The number of carbonyl (C=O) groups is 2. The topological polar surface area (TPSA) is 67.4 Å². The normalized spacial score (nSPS) is 11.8. The molecule has 0 aliphatic rings. The molecule has 2 aromatic carbocycles. The van der Waals surface area contributed by atoms with Crippen LogP contribution in [-0.4, -0.2) is 24.5 Å². The molecule has 0 atom stereocenters. The minimum Gasteiger partial charge on any atom is -0.457 e. The van der Waals surface area contributed by atoms with Gasteiger partial charge in [0.25, 0.3) is 0 Å². The monoisotopic (exact) mass is 416 g/mol. The molecule has 7 heteroatoms. The number of carbonyl (C=O) groups excluding carboxylic acids is 2. The van der Waals surface area contributed by atoms with E-state index < -0.39 is 29.1 Å². The summed E-state index contributed by atoms with van der Waals surface area (Å²) < 4.78 is 32.2. The Labute approximate surface area is 175 Å². The first-order valence-electron chi connectivity index (χ1n) is 9.45. The van der Waals surface area contributed by atoms with Gasteiger partial charge in [-0.05, 0) is 62.6 Å². The number of ether oxygens (including phenoxy) is 1. The van der Waals surface area contributed by atoms with Gasteiger partial charge in [0, 0.05) is 19.2 Å². The van der Waals surface area contributed by atoms with E-state index in [1.165, 1.54) is 12.1 Å². The van der Waals surface area contributed by atoms with Crippen molar-refractivity contribution in [2.75, 3.05) is 17.7 Å². The van der Waals surface area contributed by atoms with Gasteiger partial charge in [-0.1, -0.05) is 12.1 Å². The molecule has 0 aromatic heterocycles. The fraction of sp³-hybridized carbons (Fsp3) is 0.304. The van der Waals surface area contributed by atoms with Crippen LogP contribution in [0.15, 0.2) is 42.5 Å². The molecule has 160 valence electrons. The standard InChI is InChI=1S/C23H26F2N2O3/c1-14(10-22(29)30-23(2,3)4)15-7-9-19(26-5)20(11-15)27-21(28)12-16-6-8-17(24)13-18(16)25/h6-11,13,26H,12H2,1-5H3,(H,27,28)/b14-10+. The number of benzene rings is 2. The van der Waals surface area contributed by atoms with Crippen molar-refractivity contribution in [3.05, 3.63) is 65.2 Å². The van der Waals surface area contributed by atoms with Crippen LogP contribution in [0.25, 0.3) is 5.57 Å². The summed E-state index contributed by atoms with van der Waals surface area (Å²) in [5.74, 6) is -2.39. The van der Waals surface area contributed by atoms with Gasteiger partial charge in [-0.25, -0.2) is 13.6 Å². The molecule has 0 bridgehead atoms. The van der Waals surface area contributed by atoms with Gasteiger partial charge in [0.15, 0.2) is 0 Å². The van der Waals surface area contributed by atoms with Crippen LogP contribution < -0.4 is 10.6 Å². The second-order valence-electron chi connectivity index (χ2n) is 7.83. The third-order valence-electron chi connectivity index (χ3n) is 4.13. The number of nitrogens with one attached hydrogen (secondary N) is 2. The SMILES string of the molecule is CNc1ccc(/C(C)=C/C(=O)OC(C)(C)C)cc1NC(=O)Cc1ccc(F)cc1F. The molecular weight excluding hydrogens is 390 g/mol. The van der Waals surface area contributed by atoms with Crippen LogP contribution in [0.1, 0.15) is 38.8 Å². The predicted octanol–water partition coefficient (Wildman–Crippen LogP) is 4.93. The van der Waals surface area contributed by atoms with Gasteiger partial charge < -0.3 is 15.4 Å². The average Bonchev–Trinajstić information content (AvgIpc) is 2.62. The molecule has 2 aromatic rings. The van der Waals surface area contributed by atoms with Gasteiger partial charge in [-0.15, -0.1) is 0 Å². The van der Waals surface area contributed by atoms with Crippen molar-refractivity contribution >= 4 is 28.8 Å². The second kappa shape index (κ2) is 9.52. The molecule has 0 saturated heterocycles. The van der Waals surface area contributed by atoms with Gasteiger partial charge in [0.2, 0.25) is 5.91 Å². The first kappa shape index (κ1) is 23.1. The summed E-state index contributed by atoms with van der Waals surface area (Å²) in [5.41, 5.74) is 1.99. The van der Waals surface area contributed by atoms with E-state index in [2.05, 4.69) is 10.6 Å². The summed E-state index contributed by atoms with van der Waals surface area (Å²) in [7, 11) is 1.70. The maximum Gasteiger partial charge on any atom is 0.331 e. The summed E-state index contributed by atoms with van der Waals surface area (Å²) in [6.45, 7) is 7.12. The molecule has 2 N–H and O–H groups in total. The zero-order chi connectivity index (χ0) is 22.5. The predicted molar refractivity (Wildman–Crippen MR) is 114 cm³/mol. The van der Waals surface area contributed by atoms with E-state index in [4.69, 9.17) is 4.74 Å². The molecule has 0 radical (unpaired) electrons. The van der Waals surface area contributed by atoms with E-state index in [9.17, 15) is 18.4 Å². The molecule has 2 rings (SSSR count). The molecule has 0 aliphatic heterocycles. The number of rotatable bonds is 6. The van der Waals surface area contributed by atoms with Gasteiger partial charge >= 0.3 is 5.97 Å². The quantitative estimate of drug-likeness (QED) is 0.517. The molecule has 5 nitrogen and oxygen atoms in total. The van der Waals surface area contributed by atoms with Crippen molar-refractivity contribution in [2.24, 2.45) is 0 Å². The van der Waals surface area contributed by atoms with Crippen molar-refractivity contribution in [3.63, 3.8) is 0 Å². The van der Waals surface area contributed by atoms with Crippen molar-refractivity contribution in [1.82, 2.24) is 0 Å². The molecule has 30 heavy (non-hydrogen) atoms. The van der Waals surface area contributed by atoms with Crippen molar-refractivity contribution in [2.45, 2.75) is 39.7 Å². The minimum atomic E-state index is -0.774. The highest BCUT2D eigenvalue weighted by Gasteiger charge is 2.16. The molecule has 0 fully saturated rings. The summed E-state index contributed by atoms with van der Waals surface area (Å²) in [4.78, 5) is 24.5. The number of allylic oxidation sites excluding steroid dienone is 1. The highest BCUT2D eigenvalue weighted by Crippen LogP contribution is 2.27. The summed E-state index contributed by atoms with van der Waals surface area (Å²) in [6, 6.07) is 8.37. The number of esters is 1. The largest absolute Gasteiger partial charge is 0.457 e. The lowest BCUT2D eigenvalue weighted by atomic mass is 10.0. The number of hydrogen-bond donors (Lipinski definition) is 2. The van der Waals surface area contributed by atoms with Gasteiger partial charge in [-0.3, -0.25) is 4.79 Å². The fourth-order valence-corrected chi connectivity index (χ4v) is 2.73. The number of hydrogen-bond acceptors (Lipinski definition) is 4. The van der Waals surface area contributed by atoms with Crippen molar-refractivity contribution < 1.29 is 23.1 Å². The third kappa shape index (κ3) is 6.69. The molecular formula is C23H26F2N2O3. The van der Waals surface area contributed by atoms with Crippen LogP contribution in [0.2, 0.25) is 0 Å². The Morgan fingerprint density at radius 2 is 1.77 bits per heavy atom. The zero-order valence-corrected chi connectivity index (χ0v) is 17.7. The summed E-state index contributed by atoms with van der Waals surface area (Å²) in [6.07, 6.45) is 1.14. The lowest BCUT2D eigenvalue weighted by molar-refractivity contribution is -0.148. The second-order valence-corrected chi connectivity index (χ2v) is 7.83. The van der Waals surface area contributed by atoms with Crippen LogP contribution in [0.4, 0.5) is 20.2 Å². The molecule has 0 aliphatic carbocycles. The number of halogens is 2. The molecule has 0 heterocycles. The zero-order valence-electron chi connectivity index (χ0n) is 17.7. The Kier molecular flexibility index (Phi) is 7.32. The van der Waals surface area contributed by atoms with Gasteiger partial charge in [0.1, 0.15) is 17.2 Å². The first-order valence-corrected chi connectivity index (χ1v) is 9.45. The smallest absolute Gasteiger partial charge is 0.331 e. The maximum absolute atomic E-state index is 13.8. The van der Waals surface area contributed by atoms with Crippen LogP contribution in [0.3, 0.4) is 0 Å². The first-order chi connectivity index (χ1) is 14.0. The third-order valence-corrected chi connectivity index (χ3v) is 4.13. The Balaban J connectivity index is 2.21. The Morgan fingerprint density at radius 3 is 2.37 bits per heavy atom. The molecule has 0 saturated carbocycles. The maximum atomic E-state index is 13.8. The number of anilines is 2. The van der Waals surface area contributed by atoms with E-state index in [1.807, 2.05) is 0 Å². The Morgan fingerprint density at radius 1 is 1.07 bits per heavy atom. The average molecular weight is 416 g/mol. The molecule has 0 spiro atoms. The number of amides is 1. The minimum absolute atomic E-state index is 0.0945. The highest BCUT2D eigenvalue weighted by atomic mass is 19.1. The fourth-order valence-electron chi connectivity index (χ4n) is 2.73. The van der Waals surface area contributed by atoms with Crippen LogP contribution >= 0.6 is 0 Å². The van der Waals surface area contributed by atoms with E-state index in [1.54, 1.807) is 52.9 Å². The Hall–Kier alpha value is -3.22. The van der Waals surface area contributed by atoms with E-state index in [0.29, 0.717) is 22.5 Å². The van der Waals surface area contributed by atoms with Gasteiger partial charge in [0.05, 0.1) is 17.8 Å². The van der Waals surface area contributed by atoms with Crippen LogP contribution in [0.5, 0.6) is 0 Å². The van der Waals surface area contributed by atoms with E-state index in [0.717, 1.165) is 12.1 Å². The lowest BCUT2D eigenvalue weighted by Gasteiger charge is -2.18. The summed E-state index contributed by atoms with van der Waals surface area (Å²) in [5, 5.41) is 5.71.